The number of aliphatic carboxylic acids is 1. The number of halogens is 3. The Morgan fingerprint density at radius 2 is 1.67 bits per heavy atom. The number of carboxylic acid groups (broad SMARTS) is 1. The topological polar surface area (TPSA) is 88.5 Å². The molecule has 2 aromatic carbocycles. The number of pyridine rings is 1. The lowest BCUT2D eigenvalue weighted by molar-refractivity contribution is -0.138. The van der Waals surface area contributed by atoms with Gasteiger partial charge >= 0.3 is 12.1 Å². The molecule has 6 nitrogen and oxygen atoms in total. The normalized spacial score (nSPS) is 12.6. The van der Waals surface area contributed by atoms with Crippen LogP contribution in [0.5, 0.6) is 5.75 Å². The van der Waals surface area contributed by atoms with Gasteiger partial charge < -0.3 is 15.2 Å². The number of hydrogen-bond donors (Lipinski definition) is 2. The predicted molar refractivity (Wildman–Crippen MR) is 142 cm³/mol. The number of aromatic nitrogens is 1. The van der Waals surface area contributed by atoms with Crippen LogP contribution in [-0.4, -0.2) is 28.5 Å². The summed E-state index contributed by atoms with van der Waals surface area (Å²) in [7, 11) is 0. The van der Waals surface area contributed by atoms with Crippen molar-refractivity contribution in [2.75, 3.05) is 6.54 Å². The van der Waals surface area contributed by atoms with Gasteiger partial charge in [-0.25, -0.2) is 0 Å². The van der Waals surface area contributed by atoms with Crippen molar-refractivity contribution >= 4 is 11.9 Å². The van der Waals surface area contributed by atoms with Gasteiger partial charge in [0.25, 0.3) is 5.91 Å². The predicted octanol–water partition coefficient (Wildman–Crippen LogP) is 7.23. The third-order valence-corrected chi connectivity index (χ3v) is 6.14. The van der Waals surface area contributed by atoms with E-state index in [0.717, 1.165) is 29.7 Å². The van der Waals surface area contributed by atoms with Crippen molar-refractivity contribution in [3.05, 3.63) is 83.0 Å². The first kappa shape index (κ1) is 29.7. The molecule has 0 aliphatic rings. The van der Waals surface area contributed by atoms with Crippen LogP contribution < -0.4 is 10.1 Å². The van der Waals surface area contributed by atoms with Gasteiger partial charge in [0.05, 0.1) is 23.9 Å². The highest BCUT2D eigenvalue weighted by molar-refractivity contribution is 5.94. The first-order valence-corrected chi connectivity index (χ1v) is 12.6. The van der Waals surface area contributed by atoms with E-state index in [1.807, 2.05) is 25.1 Å². The number of rotatable bonds is 10. The Balaban J connectivity index is 1.78. The Kier molecular flexibility index (Phi) is 9.37. The van der Waals surface area contributed by atoms with Gasteiger partial charge in [0, 0.05) is 17.7 Å². The third-order valence-electron chi connectivity index (χ3n) is 6.14. The van der Waals surface area contributed by atoms with E-state index in [2.05, 4.69) is 31.1 Å². The second kappa shape index (κ2) is 12.3. The van der Waals surface area contributed by atoms with Crippen LogP contribution in [0.15, 0.2) is 60.8 Å². The number of nitrogens with zero attached hydrogens (tertiary/aromatic N) is 1. The zero-order valence-corrected chi connectivity index (χ0v) is 22.4. The summed E-state index contributed by atoms with van der Waals surface area (Å²) >= 11 is 0. The number of carbonyl (C=O) groups excluding carboxylic acids is 1. The molecular formula is C30H33F3N2O4. The molecule has 0 saturated heterocycles. The summed E-state index contributed by atoms with van der Waals surface area (Å²) in [6, 6.07) is 13.7. The Morgan fingerprint density at radius 3 is 2.21 bits per heavy atom. The minimum Gasteiger partial charge on any atom is -0.484 e. The number of alkyl halides is 3. The average molecular weight is 543 g/mol. The maximum atomic E-state index is 12.9. The Bertz CT molecular complexity index is 1280. The second-order valence-electron chi connectivity index (χ2n) is 10.6. The fourth-order valence-electron chi connectivity index (χ4n) is 3.99. The maximum absolute atomic E-state index is 12.9. The van der Waals surface area contributed by atoms with Crippen molar-refractivity contribution in [3.63, 3.8) is 0 Å². The van der Waals surface area contributed by atoms with E-state index in [0.29, 0.717) is 29.0 Å². The molecule has 3 rings (SSSR count). The van der Waals surface area contributed by atoms with Crippen LogP contribution in [0.2, 0.25) is 0 Å². The molecule has 0 aliphatic carbocycles. The molecule has 0 aliphatic heterocycles. The van der Waals surface area contributed by atoms with Crippen molar-refractivity contribution in [1.29, 1.82) is 0 Å². The fourth-order valence-corrected chi connectivity index (χ4v) is 3.99. The smallest absolute Gasteiger partial charge is 0.416 e. The largest absolute Gasteiger partial charge is 0.484 e. The van der Waals surface area contributed by atoms with Crippen molar-refractivity contribution < 1.29 is 32.6 Å². The van der Waals surface area contributed by atoms with Gasteiger partial charge in [-0.3, -0.25) is 14.6 Å². The molecule has 1 atom stereocenters. The molecule has 9 heteroatoms. The van der Waals surface area contributed by atoms with Crippen LogP contribution >= 0.6 is 0 Å². The maximum Gasteiger partial charge on any atom is 0.416 e. The number of benzene rings is 2. The van der Waals surface area contributed by atoms with Gasteiger partial charge in [-0.2, -0.15) is 13.2 Å². The summed E-state index contributed by atoms with van der Waals surface area (Å²) in [4.78, 5) is 27.5. The van der Waals surface area contributed by atoms with E-state index in [-0.39, 0.29) is 30.4 Å². The van der Waals surface area contributed by atoms with Gasteiger partial charge in [-0.05, 0) is 66.6 Å². The van der Waals surface area contributed by atoms with Crippen molar-refractivity contribution in [2.24, 2.45) is 5.41 Å². The SMILES string of the molecule is Cc1cc(OC(CCC(C)(C)C)c2ccc(C(=O)NCCC(=O)O)cc2)cnc1-c1ccc(C(F)(F)F)cc1. The van der Waals surface area contributed by atoms with Crippen molar-refractivity contribution in [1.82, 2.24) is 10.3 Å². The van der Waals surface area contributed by atoms with E-state index < -0.39 is 17.7 Å². The summed E-state index contributed by atoms with van der Waals surface area (Å²) in [5.41, 5.74) is 2.54. The van der Waals surface area contributed by atoms with Crippen LogP contribution in [0.25, 0.3) is 11.3 Å². The summed E-state index contributed by atoms with van der Waals surface area (Å²) in [5.74, 6) is -0.812. The van der Waals surface area contributed by atoms with Gasteiger partial charge in [-0.15, -0.1) is 0 Å². The third kappa shape index (κ3) is 8.84. The first-order chi connectivity index (χ1) is 18.2. The Hall–Kier alpha value is -3.88. The highest BCUT2D eigenvalue weighted by Gasteiger charge is 2.30. The quantitative estimate of drug-likeness (QED) is 0.282. The molecule has 3 aromatic rings. The van der Waals surface area contributed by atoms with Crippen LogP contribution in [0.3, 0.4) is 0 Å². The van der Waals surface area contributed by atoms with Gasteiger partial charge in [-0.1, -0.05) is 45.0 Å². The number of amides is 1. The number of carbonyl (C=O) groups is 2. The van der Waals surface area contributed by atoms with Crippen LogP contribution in [0.4, 0.5) is 13.2 Å². The highest BCUT2D eigenvalue weighted by atomic mass is 19.4. The monoisotopic (exact) mass is 542 g/mol. The molecule has 0 fully saturated rings. The van der Waals surface area contributed by atoms with E-state index in [1.165, 1.54) is 12.1 Å². The molecule has 0 radical (unpaired) electrons. The summed E-state index contributed by atoms with van der Waals surface area (Å²) in [6.07, 6.45) is -1.75. The minimum atomic E-state index is -4.40. The molecule has 0 bridgehead atoms. The average Bonchev–Trinajstić information content (AvgIpc) is 2.85. The second-order valence-corrected chi connectivity index (χ2v) is 10.6. The standard InChI is InChI=1S/C30H33F3N2O4/c1-19-17-24(18-35-27(19)21-9-11-23(12-10-21)30(31,32)33)39-25(13-15-29(2,3)4)20-5-7-22(8-6-20)28(38)34-16-14-26(36)37/h5-12,17-18,25H,13-16H2,1-4H3,(H,34,38)(H,36,37). The molecule has 39 heavy (non-hydrogen) atoms. The highest BCUT2D eigenvalue weighted by Crippen LogP contribution is 2.34. The molecule has 1 unspecified atom stereocenters. The van der Waals surface area contributed by atoms with Crippen LogP contribution in [0, 0.1) is 12.3 Å². The summed E-state index contributed by atoms with van der Waals surface area (Å²) < 4.78 is 45.1. The van der Waals surface area contributed by atoms with Gasteiger partial charge in [0.15, 0.2) is 0 Å². The summed E-state index contributed by atoms with van der Waals surface area (Å²) in [5, 5.41) is 11.3. The fraction of sp³-hybridized carbons (Fsp3) is 0.367. The van der Waals surface area contributed by atoms with Crippen molar-refractivity contribution in [3.8, 4) is 17.0 Å². The molecule has 1 aromatic heterocycles. The van der Waals surface area contributed by atoms with E-state index in [4.69, 9.17) is 9.84 Å². The molecule has 0 spiro atoms. The zero-order chi connectivity index (χ0) is 28.8. The molecule has 0 saturated carbocycles. The number of carboxylic acids is 1. The molecule has 208 valence electrons. The zero-order valence-electron chi connectivity index (χ0n) is 22.4. The Morgan fingerprint density at radius 1 is 1.03 bits per heavy atom. The molecule has 2 N–H and O–H groups in total. The van der Waals surface area contributed by atoms with E-state index >= 15 is 0 Å². The molecule has 1 amide bonds. The molecule has 1 heterocycles. The van der Waals surface area contributed by atoms with Gasteiger partial charge in [0.1, 0.15) is 11.9 Å². The summed E-state index contributed by atoms with van der Waals surface area (Å²) in [6.45, 7) is 8.29. The van der Waals surface area contributed by atoms with E-state index in [1.54, 1.807) is 18.3 Å². The van der Waals surface area contributed by atoms with Gasteiger partial charge in [0.2, 0.25) is 0 Å². The Labute approximate surface area is 226 Å². The number of ether oxygens (including phenoxy) is 1. The first-order valence-electron chi connectivity index (χ1n) is 12.6. The lowest BCUT2D eigenvalue weighted by Gasteiger charge is -2.25. The van der Waals surface area contributed by atoms with Crippen molar-refractivity contribution in [2.45, 2.75) is 59.2 Å². The van der Waals surface area contributed by atoms with Crippen LogP contribution in [0.1, 0.15) is 73.2 Å². The van der Waals surface area contributed by atoms with Crippen LogP contribution in [-0.2, 0) is 11.0 Å². The number of aryl methyl sites for hydroxylation is 1. The van der Waals surface area contributed by atoms with E-state index in [9.17, 15) is 22.8 Å². The number of nitrogens with one attached hydrogen (secondary N) is 1. The minimum absolute atomic E-state index is 0.0437. The number of hydrogen-bond acceptors (Lipinski definition) is 4. The lowest BCUT2D eigenvalue weighted by Crippen LogP contribution is -2.26. The molecular weight excluding hydrogens is 509 g/mol. The lowest BCUT2D eigenvalue weighted by atomic mass is 9.88.